The van der Waals surface area contributed by atoms with Crippen molar-refractivity contribution in [2.75, 3.05) is 6.54 Å². The van der Waals surface area contributed by atoms with E-state index in [9.17, 15) is 4.39 Å². The Morgan fingerprint density at radius 3 is 2.79 bits per heavy atom. The summed E-state index contributed by atoms with van der Waals surface area (Å²) in [5.74, 6) is -0.235. The van der Waals surface area contributed by atoms with E-state index >= 15 is 0 Å². The summed E-state index contributed by atoms with van der Waals surface area (Å²) >= 11 is 3.18. The standard InChI is InChI=1S/C15H16BrFN2/c1-2-18-15(10-12-5-3-4-8-19-12)11-6-7-13(16)14(17)9-11/h3-9,15,18H,2,10H2,1H3. The van der Waals surface area contributed by atoms with Crippen molar-refractivity contribution < 1.29 is 4.39 Å². The maximum absolute atomic E-state index is 13.6. The van der Waals surface area contributed by atoms with E-state index in [4.69, 9.17) is 0 Å². The van der Waals surface area contributed by atoms with E-state index in [1.807, 2.05) is 31.2 Å². The molecule has 1 heterocycles. The molecule has 1 N–H and O–H groups in total. The number of pyridine rings is 1. The van der Waals surface area contributed by atoms with Gasteiger partial charge in [-0.05, 0) is 52.3 Å². The summed E-state index contributed by atoms with van der Waals surface area (Å²) in [7, 11) is 0. The van der Waals surface area contributed by atoms with Crippen molar-refractivity contribution in [2.45, 2.75) is 19.4 Å². The summed E-state index contributed by atoms with van der Waals surface area (Å²) in [6.07, 6.45) is 2.52. The molecule has 0 fully saturated rings. The van der Waals surface area contributed by atoms with E-state index in [1.54, 1.807) is 18.3 Å². The smallest absolute Gasteiger partial charge is 0.137 e. The lowest BCUT2D eigenvalue weighted by atomic mass is 10.0. The number of hydrogen-bond acceptors (Lipinski definition) is 2. The Morgan fingerprint density at radius 1 is 1.32 bits per heavy atom. The molecular formula is C15H16BrFN2. The summed E-state index contributed by atoms with van der Waals surface area (Å²) in [5, 5.41) is 3.37. The number of nitrogens with one attached hydrogen (secondary N) is 1. The fraction of sp³-hybridized carbons (Fsp3) is 0.267. The Hall–Kier alpha value is -1.26. The second-order valence-corrected chi connectivity index (χ2v) is 5.16. The number of likely N-dealkylation sites (N-methyl/N-ethyl adjacent to an activating group) is 1. The molecule has 2 aromatic rings. The average Bonchev–Trinajstić information content (AvgIpc) is 2.43. The molecule has 0 bridgehead atoms. The Kier molecular flexibility index (Phi) is 5.05. The molecule has 1 unspecified atom stereocenters. The first-order valence-electron chi connectivity index (χ1n) is 6.29. The van der Waals surface area contributed by atoms with Crippen LogP contribution in [0.5, 0.6) is 0 Å². The zero-order valence-corrected chi connectivity index (χ0v) is 12.3. The third kappa shape index (κ3) is 3.85. The van der Waals surface area contributed by atoms with Crippen LogP contribution in [0.3, 0.4) is 0 Å². The van der Waals surface area contributed by atoms with E-state index in [0.717, 1.165) is 24.2 Å². The molecule has 0 radical (unpaired) electrons. The topological polar surface area (TPSA) is 24.9 Å². The van der Waals surface area contributed by atoms with Crippen LogP contribution in [0.1, 0.15) is 24.2 Å². The lowest BCUT2D eigenvalue weighted by Gasteiger charge is -2.18. The number of hydrogen-bond donors (Lipinski definition) is 1. The van der Waals surface area contributed by atoms with Crippen LogP contribution >= 0.6 is 15.9 Å². The fourth-order valence-corrected chi connectivity index (χ4v) is 2.26. The average molecular weight is 323 g/mol. The van der Waals surface area contributed by atoms with Crippen LogP contribution in [0.2, 0.25) is 0 Å². The van der Waals surface area contributed by atoms with E-state index in [1.165, 1.54) is 0 Å². The van der Waals surface area contributed by atoms with Gasteiger partial charge in [0.1, 0.15) is 5.82 Å². The molecule has 1 atom stereocenters. The summed E-state index contributed by atoms with van der Waals surface area (Å²) in [6, 6.07) is 11.2. The van der Waals surface area contributed by atoms with Crippen molar-refractivity contribution in [2.24, 2.45) is 0 Å². The van der Waals surface area contributed by atoms with Crippen molar-refractivity contribution in [3.8, 4) is 0 Å². The molecule has 1 aromatic carbocycles. The van der Waals surface area contributed by atoms with Gasteiger partial charge >= 0.3 is 0 Å². The van der Waals surface area contributed by atoms with Gasteiger partial charge in [-0.2, -0.15) is 0 Å². The van der Waals surface area contributed by atoms with Gasteiger partial charge in [-0.3, -0.25) is 4.98 Å². The van der Waals surface area contributed by atoms with Crippen molar-refractivity contribution in [3.05, 3.63) is 64.1 Å². The molecule has 0 saturated carbocycles. The van der Waals surface area contributed by atoms with Crippen LogP contribution in [-0.2, 0) is 6.42 Å². The summed E-state index contributed by atoms with van der Waals surface area (Å²) in [4.78, 5) is 4.32. The molecule has 0 aliphatic heterocycles. The van der Waals surface area contributed by atoms with Crippen molar-refractivity contribution in [1.29, 1.82) is 0 Å². The van der Waals surface area contributed by atoms with Gasteiger partial charge in [0.2, 0.25) is 0 Å². The SMILES string of the molecule is CCNC(Cc1ccccn1)c1ccc(Br)c(F)c1. The molecule has 2 rings (SSSR count). The molecule has 4 heteroatoms. The summed E-state index contributed by atoms with van der Waals surface area (Å²) in [5.41, 5.74) is 1.94. The number of aromatic nitrogens is 1. The lowest BCUT2D eigenvalue weighted by Crippen LogP contribution is -2.23. The van der Waals surface area contributed by atoms with Crippen LogP contribution < -0.4 is 5.32 Å². The van der Waals surface area contributed by atoms with E-state index in [0.29, 0.717) is 4.47 Å². The quantitative estimate of drug-likeness (QED) is 0.903. The van der Waals surface area contributed by atoms with Crippen molar-refractivity contribution >= 4 is 15.9 Å². The number of rotatable bonds is 5. The van der Waals surface area contributed by atoms with Crippen molar-refractivity contribution in [3.63, 3.8) is 0 Å². The highest BCUT2D eigenvalue weighted by Crippen LogP contribution is 2.22. The second-order valence-electron chi connectivity index (χ2n) is 4.31. The molecule has 0 amide bonds. The first-order chi connectivity index (χ1) is 9.20. The predicted molar refractivity (Wildman–Crippen MR) is 78.5 cm³/mol. The normalized spacial score (nSPS) is 12.4. The first kappa shape index (κ1) is 14.2. The van der Waals surface area contributed by atoms with Gasteiger partial charge in [0, 0.05) is 24.4 Å². The van der Waals surface area contributed by atoms with Crippen LogP contribution in [0.15, 0.2) is 47.1 Å². The molecule has 0 saturated heterocycles. The molecule has 100 valence electrons. The van der Waals surface area contributed by atoms with Gasteiger partial charge < -0.3 is 5.32 Å². The third-order valence-corrected chi connectivity index (χ3v) is 3.58. The second kappa shape index (κ2) is 6.78. The summed E-state index contributed by atoms with van der Waals surface area (Å²) in [6.45, 7) is 2.87. The van der Waals surface area contributed by atoms with Gasteiger partial charge in [0.15, 0.2) is 0 Å². The van der Waals surface area contributed by atoms with Gasteiger partial charge in [-0.1, -0.05) is 19.1 Å². The number of benzene rings is 1. The predicted octanol–water partition coefficient (Wildman–Crippen LogP) is 3.88. The lowest BCUT2D eigenvalue weighted by molar-refractivity contribution is 0.537. The van der Waals surface area contributed by atoms with E-state index in [-0.39, 0.29) is 11.9 Å². The highest BCUT2D eigenvalue weighted by molar-refractivity contribution is 9.10. The van der Waals surface area contributed by atoms with E-state index in [2.05, 4.69) is 26.2 Å². The highest BCUT2D eigenvalue weighted by atomic mass is 79.9. The Bertz CT molecular complexity index is 531. The minimum Gasteiger partial charge on any atom is -0.310 e. The van der Waals surface area contributed by atoms with Crippen LogP contribution in [-0.4, -0.2) is 11.5 Å². The molecule has 2 nitrogen and oxygen atoms in total. The molecular weight excluding hydrogens is 307 g/mol. The van der Waals surface area contributed by atoms with Gasteiger partial charge in [-0.25, -0.2) is 4.39 Å². The van der Waals surface area contributed by atoms with Crippen LogP contribution in [0, 0.1) is 5.82 Å². The fourth-order valence-electron chi connectivity index (χ4n) is 2.01. The number of nitrogens with zero attached hydrogens (tertiary/aromatic N) is 1. The van der Waals surface area contributed by atoms with E-state index < -0.39 is 0 Å². The molecule has 0 aliphatic rings. The van der Waals surface area contributed by atoms with Crippen LogP contribution in [0.25, 0.3) is 0 Å². The third-order valence-electron chi connectivity index (χ3n) is 2.94. The Morgan fingerprint density at radius 2 is 2.16 bits per heavy atom. The maximum atomic E-state index is 13.6. The molecule has 0 aliphatic carbocycles. The van der Waals surface area contributed by atoms with Gasteiger partial charge in [0.25, 0.3) is 0 Å². The summed E-state index contributed by atoms with van der Waals surface area (Å²) < 4.78 is 14.1. The van der Waals surface area contributed by atoms with Crippen LogP contribution in [0.4, 0.5) is 4.39 Å². The van der Waals surface area contributed by atoms with Gasteiger partial charge in [-0.15, -0.1) is 0 Å². The zero-order valence-electron chi connectivity index (χ0n) is 10.7. The highest BCUT2D eigenvalue weighted by Gasteiger charge is 2.13. The zero-order chi connectivity index (χ0) is 13.7. The largest absolute Gasteiger partial charge is 0.310 e. The first-order valence-corrected chi connectivity index (χ1v) is 7.08. The minimum absolute atomic E-state index is 0.0718. The maximum Gasteiger partial charge on any atom is 0.137 e. The monoisotopic (exact) mass is 322 g/mol. The Labute approximate surface area is 121 Å². The molecule has 19 heavy (non-hydrogen) atoms. The minimum atomic E-state index is -0.235. The number of halogens is 2. The van der Waals surface area contributed by atoms with Gasteiger partial charge in [0.05, 0.1) is 4.47 Å². The van der Waals surface area contributed by atoms with Crippen molar-refractivity contribution in [1.82, 2.24) is 10.3 Å². The molecule has 1 aromatic heterocycles. The Balaban J connectivity index is 2.21. The molecule has 0 spiro atoms.